The smallest absolute Gasteiger partial charge is 0.00199 e. The molecule has 0 amide bonds. The summed E-state index contributed by atoms with van der Waals surface area (Å²) in [6, 6.07) is 49.5. The van der Waals surface area contributed by atoms with Crippen LogP contribution in [0.4, 0.5) is 0 Å². The molecule has 7 aromatic carbocycles. The summed E-state index contributed by atoms with van der Waals surface area (Å²) < 4.78 is 0. The van der Waals surface area contributed by atoms with Crippen molar-refractivity contribution in [2.75, 3.05) is 13.3 Å². The lowest BCUT2D eigenvalue weighted by Gasteiger charge is -2.20. The van der Waals surface area contributed by atoms with Crippen molar-refractivity contribution in [3.63, 3.8) is 0 Å². The first-order chi connectivity index (χ1) is 22.6. The predicted molar refractivity (Wildman–Crippen MR) is 212 cm³/mol. The number of benzene rings is 7. The summed E-state index contributed by atoms with van der Waals surface area (Å²) >= 11 is 0. The number of rotatable bonds is 4. The minimum absolute atomic E-state index is 0.227. The van der Waals surface area contributed by atoms with E-state index in [0.717, 1.165) is 0 Å². The molecule has 0 nitrogen and oxygen atoms in total. The van der Waals surface area contributed by atoms with Gasteiger partial charge in [-0.3, -0.25) is 0 Å². The molecule has 0 aliphatic carbocycles. The standard InChI is InChI=1S/C39H31P.3C2H6/c1-26-16-22-35-36(24-26)38(30-19-17-28(18-20-30)27-10-5-4-6-11-27)34-23-21-31(40(2)3)25-37(34)39(35)33-15-9-13-29-12-7-8-14-32(29)33;3*1-2/h4-25H,1-3H3;3*1-2H3. The van der Waals surface area contributed by atoms with E-state index >= 15 is 0 Å². The normalized spacial score (nSPS) is 10.5. The lowest BCUT2D eigenvalue weighted by molar-refractivity contribution is 1.50. The third-order valence-electron chi connectivity index (χ3n) is 8.11. The van der Waals surface area contributed by atoms with Gasteiger partial charge in [0.25, 0.3) is 0 Å². The Morgan fingerprint density at radius 1 is 0.391 bits per heavy atom. The third kappa shape index (κ3) is 6.94. The molecule has 0 atom stereocenters. The average Bonchev–Trinajstić information content (AvgIpc) is 3.13. The van der Waals surface area contributed by atoms with Gasteiger partial charge in [0.1, 0.15) is 0 Å². The van der Waals surface area contributed by atoms with Crippen LogP contribution in [0.1, 0.15) is 47.1 Å². The predicted octanol–water partition coefficient (Wildman–Crippen LogP) is 13.9. The van der Waals surface area contributed by atoms with Crippen LogP contribution in [0, 0.1) is 6.92 Å². The first-order valence-corrected chi connectivity index (χ1v) is 19.1. The lowest BCUT2D eigenvalue weighted by atomic mass is 9.84. The van der Waals surface area contributed by atoms with Crippen LogP contribution >= 0.6 is 7.92 Å². The highest BCUT2D eigenvalue weighted by molar-refractivity contribution is 7.64. The van der Waals surface area contributed by atoms with Gasteiger partial charge in [-0.15, -0.1) is 0 Å². The summed E-state index contributed by atoms with van der Waals surface area (Å²) in [7, 11) is -0.227. The number of fused-ring (bicyclic) bond motifs is 3. The van der Waals surface area contributed by atoms with Crippen molar-refractivity contribution in [3.05, 3.63) is 139 Å². The van der Waals surface area contributed by atoms with Gasteiger partial charge in [0.05, 0.1) is 0 Å². The molecule has 46 heavy (non-hydrogen) atoms. The van der Waals surface area contributed by atoms with Gasteiger partial charge in [-0.2, -0.15) is 0 Å². The highest BCUT2D eigenvalue weighted by atomic mass is 31.1. The number of hydrogen-bond acceptors (Lipinski definition) is 0. The second kappa shape index (κ2) is 16.4. The van der Waals surface area contributed by atoms with E-state index in [0.29, 0.717) is 0 Å². The topological polar surface area (TPSA) is 0 Å². The molecule has 7 aromatic rings. The molecular formula is C45H49P. The van der Waals surface area contributed by atoms with Crippen LogP contribution in [0.2, 0.25) is 0 Å². The maximum atomic E-state index is 2.47. The van der Waals surface area contributed by atoms with Gasteiger partial charge >= 0.3 is 0 Å². The highest BCUT2D eigenvalue weighted by Gasteiger charge is 2.19. The van der Waals surface area contributed by atoms with E-state index in [2.05, 4.69) is 154 Å². The summed E-state index contributed by atoms with van der Waals surface area (Å²) in [5, 5.41) is 9.28. The van der Waals surface area contributed by atoms with Crippen molar-refractivity contribution in [1.29, 1.82) is 0 Å². The van der Waals surface area contributed by atoms with E-state index in [1.807, 2.05) is 41.5 Å². The minimum atomic E-state index is -0.227. The average molecular weight is 621 g/mol. The van der Waals surface area contributed by atoms with Crippen molar-refractivity contribution in [1.82, 2.24) is 0 Å². The fourth-order valence-corrected chi connectivity index (χ4v) is 6.87. The Bertz CT molecular complexity index is 2010. The number of aryl methyl sites for hydroxylation is 1. The molecule has 1 heteroatoms. The largest absolute Gasteiger partial charge is 0.0817 e. The monoisotopic (exact) mass is 620 g/mol. The lowest BCUT2D eigenvalue weighted by Crippen LogP contribution is -2.00. The molecule has 0 N–H and O–H groups in total. The van der Waals surface area contributed by atoms with Crippen LogP contribution in [0.25, 0.3) is 65.7 Å². The molecule has 0 aromatic heterocycles. The first kappa shape index (κ1) is 34.6. The summed E-state index contributed by atoms with van der Waals surface area (Å²) in [6.07, 6.45) is 0. The Labute approximate surface area is 278 Å². The Hall–Kier alpha value is -4.25. The van der Waals surface area contributed by atoms with Gasteiger partial charge in [0.2, 0.25) is 0 Å². The molecular weight excluding hydrogens is 571 g/mol. The third-order valence-corrected chi connectivity index (χ3v) is 9.42. The fraction of sp³-hybridized carbons (Fsp3) is 0.200. The van der Waals surface area contributed by atoms with Crippen LogP contribution in [-0.2, 0) is 0 Å². The van der Waals surface area contributed by atoms with Crippen molar-refractivity contribution in [2.24, 2.45) is 0 Å². The zero-order chi connectivity index (χ0) is 33.2. The Balaban J connectivity index is 0.000000758. The molecule has 0 aliphatic heterocycles. The van der Waals surface area contributed by atoms with Gasteiger partial charge in [-0.1, -0.05) is 182 Å². The van der Waals surface area contributed by atoms with Crippen LogP contribution in [0.5, 0.6) is 0 Å². The molecule has 0 saturated carbocycles. The quantitative estimate of drug-likeness (QED) is 0.136. The second-order valence-electron chi connectivity index (χ2n) is 10.9. The summed E-state index contributed by atoms with van der Waals surface area (Å²) in [6.45, 7) is 18.9. The van der Waals surface area contributed by atoms with Crippen molar-refractivity contribution >= 4 is 45.5 Å². The van der Waals surface area contributed by atoms with E-state index in [1.165, 1.54) is 76.6 Å². The van der Waals surface area contributed by atoms with Crippen molar-refractivity contribution < 1.29 is 0 Å². The van der Waals surface area contributed by atoms with Crippen LogP contribution in [0.15, 0.2) is 133 Å². The Kier molecular flexibility index (Phi) is 12.3. The molecule has 0 saturated heterocycles. The maximum Gasteiger partial charge on any atom is -0.00199 e. The maximum absolute atomic E-state index is 2.47. The van der Waals surface area contributed by atoms with E-state index in [1.54, 1.807) is 0 Å². The molecule has 0 fully saturated rings. The number of hydrogen-bond donors (Lipinski definition) is 0. The zero-order valence-electron chi connectivity index (χ0n) is 29.1. The van der Waals surface area contributed by atoms with E-state index < -0.39 is 0 Å². The molecule has 0 spiro atoms. The van der Waals surface area contributed by atoms with Gasteiger partial charge < -0.3 is 0 Å². The van der Waals surface area contributed by atoms with Crippen LogP contribution in [-0.4, -0.2) is 13.3 Å². The van der Waals surface area contributed by atoms with E-state index in [9.17, 15) is 0 Å². The molecule has 0 radical (unpaired) electrons. The SMILES string of the molecule is CC.CC.CC.Cc1ccc2c(-c3cccc4ccccc34)c3cc(P(C)C)ccc3c(-c3ccc(-c4ccccc4)cc3)c2c1. The van der Waals surface area contributed by atoms with Crippen molar-refractivity contribution in [3.8, 4) is 33.4 Å². The zero-order valence-corrected chi connectivity index (χ0v) is 30.0. The second-order valence-corrected chi connectivity index (χ2v) is 13.2. The molecule has 7 rings (SSSR count). The minimum Gasteiger partial charge on any atom is -0.0817 e. The van der Waals surface area contributed by atoms with Crippen LogP contribution in [0.3, 0.4) is 0 Å². The van der Waals surface area contributed by atoms with E-state index in [4.69, 9.17) is 0 Å². The molecule has 0 unspecified atom stereocenters. The molecule has 234 valence electrons. The Morgan fingerprint density at radius 2 is 0.935 bits per heavy atom. The first-order valence-electron chi connectivity index (χ1n) is 16.9. The molecule has 0 bridgehead atoms. The molecule has 0 aliphatic rings. The molecule has 0 heterocycles. The van der Waals surface area contributed by atoms with Crippen molar-refractivity contribution in [2.45, 2.75) is 48.5 Å². The Morgan fingerprint density at radius 3 is 1.63 bits per heavy atom. The fourth-order valence-electron chi connectivity index (χ4n) is 6.11. The summed E-state index contributed by atoms with van der Waals surface area (Å²) in [5.41, 5.74) is 8.98. The van der Waals surface area contributed by atoms with Crippen LogP contribution < -0.4 is 5.30 Å². The van der Waals surface area contributed by atoms with Gasteiger partial charge in [0, 0.05) is 0 Å². The summed E-state index contributed by atoms with van der Waals surface area (Å²) in [4.78, 5) is 0. The summed E-state index contributed by atoms with van der Waals surface area (Å²) in [5.74, 6) is 0. The van der Waals surface area contributed by atoms with E-state index in [-0.39, 0.29) is 7.92 Å². The van der Waals surface area contributed by atoms with Gasteiger partial charge in [-0.05, 0) is 97.3 Å². The highest BCUT2D eigenvalue weighted by Crippen LogP contribution is 2.46. The van der Waals surface area contributed by atoms with Gasteiger partial charge in [-0.25, -0.2) is 0 Å². The van der Waals surface area contributed by atoms with Gasteiger partial charge in [0.15, 0.2) is 0 Å².